The first-order valence-corrected chi connectivity index (χ1v) is 9.12. The van der Waals surface area contributed by atoms with Crippen LogP contribution in [0.4, 0.5) is 5.69 Å². The normalized spacial score (nSPS) is 15.8. The topological polar surface area (TPSA) is 105 Å². The number of aliphatic carboxylic acids is 1. The van der Waals surface area contributed by atoms with E-state index < -0.39 is 18.5 Å². The van der Waals surface area contributed by atoms with Gasteiger partial charge in [-0.1, -0.05) is 24.3 Å². The van der Waals surface area contributed by atoms with E-state index in [1.807, 2.05) is 12.1 Å². The zero-order valence-electron chi connectivity index (χ0n) is 16.0. The van der Waals surface area contributed by atoms with Crippen molar-refractivity contribution in [3.8, 4) is 11.5 Å². The maximum atomic E-state index is 12.6. The summed E-state index contributed by atoms with van der Waals surface area (Å²) in [6.07, 6.45) is 0.131. The van der Waals surface area contributed by atoms with Gasteiger partial charge in [0.05, 0.1) is 18.7 Å². The molecular weight excluding hydrogens is 376 g/mol. The molecule has 0 radical (unpaired) electrons. The largest absolute Gasteiger partial charge is 0.495 e. The number of carboxylic acids is 1. The van der Waals surface area contributed by atoms with Crippen molar-refractivity contribution in [2.24, 2.45) is 5.92 Å². The number of hydrogen-bond acceptors (Lipinski definition) is 5. The Hall–Kier alpha value is -3.55. The van der Waals surface area contributed by atoms with Gasteiger partial charge in [-0.05, 0) is 29.8 Å². The summed E-state index contributed by atoms with van der Waals surface area (Å²) in [5.74, 6) is -0.864. The molecule has 8 nitrogen and oxygen atoms in total. The van der Waals surface area contributed by atoms with Gasteiger partial charge in [0.25, 0.3) is 0 Å². The fourth-order valence-electron chi connectivity index (χ4n) is 3.19. The molecule has 29 heavy (non-hydrogen) atoms. The van der Waals surface area contributed by atoms with Gasteiger partial charge in [0.2, 0.25) is 11.8 Å². The van der Waals surface area contributed by atoms with Gasteiger partial charge in [0.15, 0.2) is 6.61 Å². The molecule has 1 aliphatic heterocycles. The Morgan fingerprint density at radius 2 is 2.00 bits per heavy atom. The average Bonchev–Trinajstić information content (AvgIpc) is 3.12. The highest BCUT2D eigenvalue weighted by atomic mass is 16.5. The minimum absolute atomic E-state index is 0.126. The Bertz CT molecular complexity index is 914. The zero-order chi connectivity index (χ0) is 20.8. The predicted octanol–water partition coefficient (Wildman–Crippen LogP) is 1.83. The van der Waals surface area contributed by atoms with E-state index in [9.17, 15) is 14.4 Å². The smallest absolute Gasteiger partial charge is 0.341 e. The Morgan fingerprint density at radius 1 is 1.21 bits per heavy atom. The van der Waals surface area contributed by atoms with E-state index >= 15 is 0 Å². The van der Waals surface area contributed by atoms with E-state index in [1.165, 1.54) is 7.11 Å². The summed E-state index contributed by atoms with van der Waals surface area (Å²) in [7, 11) is 1.54. The van der Waals surface area contributed by atoms with Gasteiger partial charge < -0.3 is 24.8 Å². The third kappa shape index (κ3) is 5.04. The van der Waals surface area contributed by atoms with Crippen molar-refractivity contribution in [2.45, 2.75) is 13.0 Å². The molecule has 8 heteroatoms. The summed E-state index contributed by atoms with van der Waals surface area (Å²) < 4.78 is 10.4. The third-order valence-electron chi connectivity index (χ3n) is 4.60. The minimum atomic E-state index is -1.06. The quantitative estimate of drug-likeness (QED) is 0.703. The summed E-state index contributed by atoms with van der Waals surface area (Å²) >= 11 is 0. The number of carbonyl (C=O) groups is 3. The number of nitrogens with zero attached hydrogens (tertiary/aromatic N) is 1. The van der Waals surface area contributed by atoms with E-state index in [4.69, 9.17) is 14.6 Å². The van der Waals surface area contributed by atoms with E-state index in [1.54, 1.807) is 41.3 Å². The van der Waals surface area contributed by atoms with Crippen molar-refractivity contribution < 1.29 is 29.0 Å². The maximum absolute atomic E-state index is 12.6. The fraction of sp³-hybridized carbons (Fsp3) is 0.286. The van der Waals surface area contributed by atoms with Crippen LogP contribution in [0.2, 0.25) is 0 Å². The van der Waals surface area contributed by atoms with Crippen LogP contribution in [0.25, 0.3) is 0 Å². The van der Waals surface area contributed by atoms with Gasteiger partial charge in [0, 0.05) is 19.5 Å². The third-order valence-corrected chi connectivity index (χ3v) is 4.60. The number of ether oxygens (including phenoxy) is 2. The average molecular weight is 398 g/mol. The van der Waals surface area contributed by atoms with Crippen LogP contribution in [0.15, 0.2) is 48.5 Å². The second-order valence-corrected chi connectivity index (χ2v) is 6.62. The Kier molecular flexibility index (Phi) is 6.33. The highest BCUT2D eigenvalue weighted by Gasteiger charge is 2.36. The molecule has 152 valence electrons. The van der Waals surface area contributed by atoms with Gasteiger partial charge >= 0.3 is 5.97 Å². The van der Waals surface area contributed by atoms with Crippen LogP contribution in [0.5, 0.6) is 11.5 Å². The molecule has 0 bridgehead atoms. The first kappa shape index (κ1) is 20.2. The van der Waals surface area contributed by atoms with Crippen LogP contribution in [0.3, 0.4) is 0 Å². The maximum Gasteiger partial charge on any atom is 0.341 e. The van der Waals surface area contributed by atoms with Gasteiger partial charge in [-0.2, -0.15) is 0 Å². The molecule has 2 aromatic carbocycles. The number of carboxylic acid groups (broad SMARTS) is 1. The molecule has 1 heterocycles. The molecule has 2 N–H and O–H groups in total. The van der Waals surface area contributed by atoms with E-state index in [2.05, 4.69) is 5.32 Å². The Balaban J connectivity index is 1.59. The molecule has 0 aliphatic carbocycles. The summed E-state index contributed by atoms with van der Waals surface area (Å²) in [6.45, 7) is 0.105. The van der Waals surface area contributed by atoms with Crippen molar-refractivity contribution in [3.63, 3.8) is 0 Å². The summed E-state index contributed by atoms with van der Waals surface area (Å²) in [4.78, 5) is 37.2. The van der Waals surface area contributed by atoms with Crippen LogP contribution in [0.1, 0.15) is 12.0 Å². The lowest BCUT2D eigenvalue weighted by Gasteiger charge is -2.19. The Morgan fingerprint density at radius 3 is 2.76 bits per heavy atom. The van der Waals surface area contributed by atoms with Crippen molar-refractivity contribution >= 4 is 23.5 Å². The van der Waals surface area contributed by atoms with Crippen LogP contribution >= 0.6 is 0 Å². The fourth-order valence-corrected chi connectivity index (χ4v) is 3.19. The van der Waals surface area contributed by atoms with Gasteiger partial charge in [0.1, 0.15) is 11.5 Å². The number of carbonyl (C=O) groups excluding carboxylic acids is 2. The molecule has 0 aromatic heterocycles. The summed E-state index contributed by atoms with van der Waals surface area (Å²) in [5, 5.41) is 11.5. The van der Waals surface area contributed by atoms with Crippen molar-refractivity contribution in [1.29, 1.82) is 0 Å². The van der Waals surface area contributed by atoms with Crippen molar-refractivity contribution in [1.82, 2.24) is 5.32 Å². The number of anilines is 1. The summed E-state index contributed by atoms with van der Waals surface area (Å²) in [6, 6.07) is 14.0. The minimum Gasteiger partial charge on any atom is -0.495 e. The molecule has 0 saturated carbocycles. The first-order chi connectivity index (χ1) is 14.0. The lowest BCUT2D eigenvalue weighted by Crippen LogP contribution is -2.32. The van der Waals surface area contributed by atoms with E-state index in [0.717, 1.165) is 5.56 Å². The van der Waals surface area contributed by atoms with Crippen LogP contribution in [-0.4, -0.2) is 43.2 Å². The van der Waals surface area contributed by atoms with Gasteiger partial charge in [-0.25, -0.2) is 4.79 Å². The Labute approximate surface area is 168 Å². The van der Waals surface area contributed by atoms with Crippen LogP contribution in [-0.2, 0) is 20.9 Å². The number of nitrogens with one attached hydrogen (secondary N) is 1. The second kappa shape index (κ2) is 9.09. The van der Waals surface area contributed by atoms with E-state index in [0.29, 0.717) is 17.2 Å². The standard InChI is InChI=1S/C21H22N2O6/c1-28-18-8-3-2-7-17(18)23-12-15(10-19(23)24)21(27)22-11-14-5-4-6-16(9-14)29-13-20(25)26/h2-9,15H,10-13H2,1H3,(H,22,27)(H,25,26)/t15-/m1/s1. The molecule has 0 unspecified atom stereocenters. The van der Waals surface area contributed by atoms with Gasteiger partial charge in [-0.15, -0.1) is 0 Å². The van der Waals surface area contributed by atoms with Crippen molar-refractivity contribution in [3.05, 3.63) is 54.1 Å². The number of methoxy groups -OCH3 is 1. The number of hydrogen-bond donors (Lipinski definition) is 2. The highest BCUT2D eigenvalue weighted by Crippen LogP contribution is 2.32. The highest BCUT2D eigenvalue weighted by molar-refractivity contribution is 6.01. The molecule has 2 amide bonds. The number of benzene rings is 2. The number of rotatable bonds is 8. The molecule has 0 spiro atoms. The van der Waals surface area contributed by atoms with Crippen molar-refractivity contribution in [2.75, 3.05) is 25.2 Å². The monoisotopic (exact) mass is 398 g/mol. The molecule has 1 fully saturated rings. The summed E-state index contributed by atoms with van der Waals surface area (Å²) in [5.41, 5.74) is 1.42. The van der Waals surface area contributed by atoms with Crippen LogP contribution in [0, 0.1) is 5.92 Å². The van der Waals surface area contributed by atoms with Crippen LogP contribution < -0.4 is 19.7 Å². The molecular formula is C21H22N2O6. The number of para-hydroxylation sites is 2. The first-order valence-electron chi connectivity index (χ1n) is 9.12. The second-order valence-electron chi connectivity index (χ2n) is 6.62. The zero-order valence-corrected chi connectivity index (χ0v) is 16.0. The molecule has 2 aromatic rings. The predicted molar refractivity (Wildman–Crippen MR) is 105 cm³/mol. The molecule has 1 atom stereocenters. The lowest BCUT2D eigenvalue weighted by atomic mass is 10.1. The van der Waals surface area contributed by atoms with E-state index in [-0.39, 0.29) is 31.3 Å². The molecule has 1 saturated heterocycles. The molecule has 1 aliphatic rings. The van der Waals surface area contributed by atoms with Gasteiger partial charge in [-0.3, -0.25) is 9.59 Å². The number of amides is 2. The molecule has 3 rings (SSSR count). The SMILES string of the molecule is COc1ccccc1N1C[C@H](C(=O)NCc2cccc(OCC(=O)O)c2)CC1=O. The lowest BCUT2D eigenvalue weighted by molar-refractivity contribution is -0.139.